The van der Waals surface area contributed by atoms with E-state index in [0.29, 0.717) is 0 Å². The van der Waals surface area contributed by atoms with Crippen molar-refractivity contribution >= 4 is 5.97 Å². The van der Waals surface area contributed by atoms with E-state index < -0.39 is 36.4 Å². The van der Waals surface area contributed by atoms with Gasteiger partial charge in [-0.15, -0.1) is 8.78 Å². The molecule has 1 rings (SSSR count). The second kappa shape index (κ2) is 4.11. The Morgan fingerprint density at radius 3 is 1.75 bits per heavy atom. The lowest BCUT2D eigenvalue weighted by atomic mass is 10.2. The highest BCUT2D eigenvalue weighted by Gasteiger charge is 2.84. The SMILES string of the molecule is O=C(OC(F)(F)C1(F)OC(F)(F)OC1(O)F)C(F)(F)F. The van der Waals surface area contributed by atoms with Crippen LogP contribution in [0.3, 0.4) is 0 Å². The molecule has 2 atom stereocenters. The summed E-state index contributed by atoms with van der Waals surface area (Å²) in [7, 11) is 0. The van der Waals surface area contributed by atoms with Gasteiger partial charge in [0.2, 0.25) is 0 Å². The van der Waals surface area contributed by atoms with Crippen molar-refractivity contribution in [1.82, 2.24) is 0 Å². The van der Waals surface area contributed by atoms with Crippen LogP contribution < -0.4 is 0 Å². The van der Waals surface area contributed by atoms with Crippen LogP contribution in [0, 0.1) is 0 Å². The average Bonchev–Trinajstić information content (AvgIpc) is 2.28. The first-order valence-corrected chi connectivity index (χ1v) is 4.10. The van der Waals surface area contributed by atoms with Crippen LogP contribution in [0.15, 0.2) is 0 Å². The first kappa shape index (κ1) is 16.8. The molecule has 0 aromatic rings. The molecule has 2 unspecified atom stereocenters. The lowest BCUT2D eigenvalue weighted by molar-refractivity contribution is -0.439. The van der Waals surface area contributed by atoms with Gasteiger partial charge in [0.1, 0.15) is 0 Å². The first-order chi connectivity index (χ1) is 8.54. The fraction of sp³-hybridized carbons (Fsp3) is 0.833. The molecule has 20 heavy (non-hydrogen) atoms. The summed E-state index contributed by atoms with van der Waals surface area (Å²) in [6.45, 7) is 0. The van der Waals surface area contributed by atoms with Gasteiger partial charge >= 0.3 is 36.4 Å². The number of carbonyl (C=O) groups excluding carboxylic acids is 1. The number of alkyl halides is 9. The second-order valence-corrected chi connectivity index (χ2v) is 3.23. The van der Waals surface area contributed by atoms with Gasteiger partial charge in [0.25, 0.3) is 0 Å². The number of aliphatic hydroxyl groups is 1. The van der Waals surface area contributed by atoms with Gasteiger partial charge in [0, 0.05) is 0 Å². The Kier molecular flexibility index (Phi) is 3.45. The Morgan fingerprint density at radius 2 is 1.45 bits per heavy atom. The molecule has 0 amide bonds. The van der Waals surface area contributed by atoms with E-state index in [1.54, 1.807) is 0 Å². The maximum atomic E-state index is 13.3. The van der Waals surface area contributed by atoms with Crippen molar-refractivity contribution in [3.05, 3.63) is 0 Å². The average molecular weight is 324 g/mol. The molecule has 0 aromatic carbocycles. The number of carbonyl (C=O) groups is 1. The van der Waals surface area contributed by atoms with Crippen molar-refractivity contribution in [2.75, 3.05) is 0 Å². The summed E-state index contributed by atoms with van der Waals surface area (Å²) in [5, 5.41) is 8.28. The topological polar surface area (TPSA) is 65.0 Å². The van der Waals surface area contributed by atoms with Crippen molar-refractivity contribution in [2.24, 2.45) is 0 Å². The largest absolute Gasteiger partial charge is 0.493 e. The predicted octanol–water partition coefficient (Wildman–Crippen LogP) is 1.56. The Labute approximate surface area is 101 Å². The van der Waals surface area contributed by atoms with E-state index in [0.717, 1.165) is 0 Å². The molecule has 0 aliphatic carbocycles. The monoisotopic (exact) mass is 324 g/mol. The van der Waals surface area contributed by atoms with Gasteiger partial charge < -0.3 is 9.84 Å². The molecule has 0 radical (unpaired) electrons. The van der Waals surface area contributed by atoms with E-state index in [1.807, 2.05) is 0 Å². The van der Waals surface area contributed by atoms with E-state index in [4.69, 9.17) is 5.11 Å². The van der Waals surface area contributed by atoms with Gasteiger partial charge in [-0.05, 0) is 0 Å². The molecule has 0 aromatic heterocycles. The highest BCUT2D eigenvalue weighted by molar-refractivity contribution is 5.75. The Hall–Kier alpha value is -1.28. The molecule has 14 heteroatoms. The van der Waals surface area contributed by atoms with Gasteiger partial charge in [-0.2, -0.15) is 30.7 Å². The smallest absolute Gasteiger partial charge is 0.389 e. The van der Waals surface area contributed by atoms with Crippen LogP contribution in [0.5, 0.6) is 0 Å². The molecule has 1 saturated heterocycles. The third-order valence-corrected chi connectivity index (χ3v) is 1.74. The van der Waals surface area contributed by atoms with Crippen LogP contribution in [0.2, 0.25) is 0 Å². The maximum absolute atomic E-state index is 13.3. The van der Waals surface area contributed by atoms with Crippen molar-refractivity contribution in [2.45, 2.75) is 30.5 Å². The predicted molar refractivity (Wildman–Crippen MR) is 34.1 cm³/mol. The molecule has 0 saturated carbocycles. The van der Waals surface area contributed by atoms with Crippen LogP contribution >= 0.6 is 0 Å². The summed E-state index contributed by atoms with van der Waals surface area (Å²) in [6, 6.07) is -5.61. The second-order valence-electron chi connectivity index (χ2n) is 3.23. The van der Waals surface area contributed by atoms with Gasteiger partial charge in [0.05, 0.1) is 0 Å². The first-order valence-electron chi connectivity index (χ1n) is 4.10. The van der Waals surface area contributed by atoms with Crippen LogP contribution in [0.1, 0.15) is 0 Å². The zero-order valence-corrected chi connectivity index (χ0v) is 8.48. The molecule has 1 aliphatic heterocycles. The van der Waals surface area contributed by atoms with Crippen molar-refractivity contribution < 1.29 is 63.6 Å². The number of hydrogen-bond acceptors (Lipinski definition) is 5. The zero-order valence-electron chi connectivity index (χ0n) is 8.48. The summed E-state index contributed by atoms with van der Waals surface area (Å²) >= 11 is 0. The molecular formula is C6HF9O5. The summed E-state index contributed by atoms with van der Waals surface area (Å²) in [5.41, 5.74) is 0. The maximum Gasteiger partial charge on any atom is 0.493 e. The normalized spacial score (nSPS) is 34.1. The van der Waals surface area contributed by atoms with Gasteiger partial charge in [0.15, 0.2) is 0 Å². The van der Waals surface area contributed by atoms with Gasteiger partial charge in [-0.3, -0.25) is 0 Å². The third kappa shape index (κ3) is 2.62. The van der Waals surface area contributed by atoms with Gasteiger partial charge in [-0.1, -0.05) is 0 Å². The molecule has 1 heterocycles. The number of halogens is 9. The minimum absolute atomic E-state index is 2.21. The highest BCUT2D eigenvalue weighted by Crippen LogP contribution is 2.54. The van der Waals surface area contributed by atoms with Crippen molar-refractivity contribution in [3.8, 4) is 0 Å². The van der Waals surface area contributed by atoms with Crippen molar-refractivity contribution in [1.29, 1.82) is 0 Å². The fourth-order valence-electron chi connectivity index (χ4n) is 0.949. The Balaban J connectivity index is 3.11. The molecule has 1 N–H and O–H groups in total. The Bertz CT molecular complexity index is 418. The van der Waals surface area contributed by atoms with Crippen LogP contribution in [-0.4, -0.2) is 41.6 Å². The molecule has 0 bridgehead atoms. The molecule has 0 spiro atoms. The quantitative estimate of drug-likeness (QED) is 0.617. The van der Waals surface area contributed by atoms with E-state index in [-0.39, 0.29) is 0 Å². The number of rotatable bonds is 2. The Morgan fingerprint density at radius 1 is 1.00 bits per heavy atom. The van der Waals surface area contributed by atoms with E-state index in [9.17, 15) is 44.3 Å². The summed E-state index contributed by atoms with van der Waals surface area (Å²) < 4.78 is 118. The molecule has 5 nitrogen and oxygen atoms in total. The minimum atomic E-state index is -6.30. The zero-order chi connectivity index (χ0) is 16.2. The van der Waals surface area contributed by atoms with Gasteiger partial charge in [-0.25, -0.2) is 14.3 Å². The number of hydrogen-bond donors (Lipinski definition) is 1. The van der Waals surface area contributed by atoms with Crippen LogP contribution in [0.4, 0.5) is 39.5 Å². The summed E-state index contributed by atoms with van der Waals surface area (Å²) in [6.07, 6.45) is -17.9. The van der Waals surface area contributed by atoms with E-state index in [1.165, 1.54) is 0 Å². The van der Waals surface area contributed by atoms with E-state index >= 15 is 0 Å². The number of ether oxygens (including phenoxy) is 3. The lowest BCUT2D eigenvalue weighted by Gasteiger charge is -2.30. The number of esters is 1. The summed E-state index contributed by atoms with van der Waals surface area (Å²) in [4.78, 5) is 10.1. The minimum Gasteiger partial charge on any atom is -0.389 e. The standard InChI is InChI=1S/C6HF9O5/c7-2(8,9)1(16)18-4(11,12)3(10)5(13,17)20-6(14,15)19-3/h17H. The lowest BCUT2D eigenvalue weighted by Crippen LogP contribution is -2.60. The highest BCUT2D eigenvalue weighted by atomic mass is 19.4. The van der Waals surface area contributed by atoms with Crippen LogP contribution in [0.25, 0.3) is 0 Å². The van der Waals surface area contributed by atoms with Crippen LogP contribution in [-0.2, 0) is 19.0 Å². The fourth-order valence-corrected chi connectivity index (χ4v) is 0.949. The van der Waals surface area contributed by atoms with E-state index in [2.05, 4.69) is 14.2 Å². The molecule has 118 valence electrons. The molecule has 1 fully saturated rings. The molecular weight excluding hydrogens is 323 g/mol. The molecule has 1 aliphatic rings. The summed E-state index contributed by atoms with van der Waals surface area (Å²) in [5.74, 6) is -9.70. The van der Waals surface area contributed by atoms with Crippen molar-refractivity contribution in [3.63, 3.8) is 0 Å². The third-order valence-electron chi connectivity index (χ3n) is 1.74.